The molecule has 0 fully saturated rings. The molecular formula is C16H20N2. The minimum absolute atomic E-state index is 0.990. The zero-order chi connectivity index (χ0) is 12.5. The average Bonchev–Trinajstić information content (AvgIpc) is 2.64. The molecule has 2 nitrogen and oxygen atoms in total. The Morgan fingerprint density at radius 2 is 2.11 bits per heavy atom. The normalized spacial score (nSPS) is 18.9. The summed E-state index contributed by atoms with van der Waals surface area (Å²) in [5, 5.41) is 4.90. The zero-order valence-electron chi connectivity index (χ0n) is 11.2. The van der Waals surface area contributed by atoms with Gasteiger partial charge in [0.25, 0.3) is 0 Å². The van der Waals surface area contributed by atoms with E-state index < -0.39 is 0 Å². The predicted octanol–water partition coefficient (Wildman–Crippen LogP) is 3.12. The van der Waals surface area contributed by atoms with Gasteiger partial charge < -0.3 is 9.88 Å². The summed E-state index contributed by atoms with van der Waals surface area (Å²) in [6.45, 7) is 4.30. The average molecular weight is 240 g/mol. The lowest BCUT2D eigenvalue weighted by Crippen LogP contribution is -2.20. The first-order valence-corrected chi connectivity index (χ1v) is 6.79. The fourth-order valence-electron chi connectivity index (χ4n) is 3.05. The molecule has 0 bridgehead atoms. The van der Waals surface area contributed by atoms with E-state index in [9.17, 15) is 0 Å². The summed E-state index contributed by atoms with van der Waals surface area (Å²) in [7, 11) is 2.19. The van der Waals surface area contributed by atoms with Crippen LogP contribution in [0.1, 0.15) is 24.6 Å². The summed E-state index contributed by atoms with van der Waals surface area (Å²) < 4.78 is 2.37. The van der Waals surface area contributed by atoms with Gasteiger partial charge in [0.05, 0.1) is 0 Å². The molecule has 1 aromatic carbocycles. The number of nitrogens with one attached hydrogen (secondary N) is 1. The molecule has 18 heavy (non-hydrogen) atoms. The van der Waals surface area contributed by atoms with Gasteiger partial charge in [-0.1, -0.05) is 31.2 Å². The highest BCUT2D eigenvalue weighted by atomic mass is 15.0. The maximum atomic E-state index is 3.48. The molecule has 0 atom stereocenters. The molecule has 1 aliphatic heterocycles. The summed E-state index contributed by atoms with van der Waals surface area (Å²) in [6.07, 6.45) is 4.56. The van der Waals surface area contributed by atoms with Gasteiger partial charge in [-0.05, 0) is 36.6 Å². The molecule has 94 valence electrons. The molecule has 0 spiro atoms. The summed E-state index contributed by atoms with van der Waals surface area (Å²) >= 11 is 0. The Morgan fingerprint density at radius 1 is 1.28 bits per heavy atom. The van der Waals surface area contributed by atoms with Crippen molar-refractivity contribution in [1.29, 1.82) is 0 Å². The Bertz CT molecular complexity index is 605. The van der Waals surface area contributed by atoms with Crippen molar-refractivity contribution >= 4 is 16.5 Å². The van der Waals surface area contributed by atoms with Gasteiger partial charge in [0.2, 0.25) is 0 Å². The summed E-state index contributed by atoms with van der Waals surface area (Å²) in [6, 6.07) is 8.75. The van der Waals surface area contributed by atoms with Crippen LogP contribution in [0, 0.1) is 0 Å². The molecule has 0 saturated heterocycles. The smallest absolute Gasteiger partial charge is 0.0485 e. The highest BCUT2D eigenvalue weighted by molar-refractivity contribution is 5.90. The molecule has 2 heteroatoms. The molecule has 0 radical (unpaired) electrons. The molecule has 2 heterocycles. The Balaban J connectivity index is 2.33. The monoisotopic (exact) mass is 240 g/mol. The van der Waals surface area contributed by atoms with E-state index in [0.717, 1.165) is 25.9 Å². The number of fused-ring (bicyclic) bond motifs is 3. The van der Waals surface area contributed by atoms with Crippen LogP contribution in [0.4, 0.5) is 0 Å². The largest absolute Gasteiger partial charge is 0.344 e. The first-order chi connectivity index (χ1) is 8.83. The van der Waals surface area contributed by atoms with Crippen molar-refractivity contribution in [3.05, 3.63) is 41.6 Å². The van der Waals surface area contributed by atoms with Crippen LogP contribution in [-0.2, 0) is 13.5 Å². The Morgan fingerprint density at radius 3 is 2.94 bits per heavy atom. The Kier molecular flexibility index (Phi) is 2.96. The third-order valence-corrected chi connectivity index (χ3v) is 3.94. The fraction of sp³-hybridized carbons (Fsp3) is 0.375. The Labute approximate surface area is 108 Å². The number of para-hydroxylation sites is 1. The van der Waals surface area contributed by atoms with Gasteiger partial charge in [-0.15, -0.1) is 0 Å². The van der Waals surface area contributed by atoms with Crippen LogP contribution < -0.4 is 5.32 Å². The van der Waals surface area contributed by atoms with Crippen molar-refractivity contribution in [2.24, 2.45) is 7.05 Å². The lowest BCUT2D eigenvalue weighted by molar-refractivity contribution is 0.735. The van der Waals surface area contributed by atoms with Crippen LogP contribution >= 0.6 is 0 Å². The van der Waals surface area contributed by atoms with Crippen LogP contribution in [0.5, 0.6) is 0 Å². The van der Waals surface area contributed by atoms with E-state index in [1.165, 1.54) is 27.7 Å². The SMILES string of the molecule is CC/C1=C/CNCCc2c1n(C)c1ccccc21. The second kappa shape index (κ2) is 4.62. The van der Waals surface area contributed by atoms with Crippen molar-refractivity contribution in [3.63, 3.8) is 0 Å². The number of benzene rings is 1. The quantitative estimate of drug-likeness (QED) is 0.810. The van der Waals surface area contributed by atoms with Crippen LogP contribution in [0.15, 0.2) is 30.3 Å². The maximum absolute atomic E-state index is 3.48. The summed E-state index contributed by atoms with van der Waals surface area (Å²) in [4.78, 5) is 0. The Hall–Kier alpha value is -1.54. The minimum atomic E-state index is 0.990. The van der Waals surface area contributed by atoms with Gasteiger partial charge in [-0.25, -0.2) is 0 Å². The van der Waals surface area contributed by atoms with E-state index in [0.29, 0.717) is 0 Å². The molecule has 0 amide bonds. The van der Waals surface area contributed by atoms with Crippen molar-refractivity contribution in [2.75, 3.05) is 13.1 Å². The maximum Gasteiger partial charge on any atom is 0.0485 e. The van der Waals surface area contributed by atoms with E-state index in [1.807, 2.05) is 0 Å². The van der Waals surface area contributed by atoms with Crippen LogP contribution in [0.3, 0.4) is 0 Å². The molecule has 2 aromatic rings. The third kappa shape index (κ3) is 1.68. The molecule has 0 aliphatic carbocycles. The van der Waals surface area contributed by atoms with E-state index >= 15 is 0 Å². The number of allylic oxidation sites excluding steroid dienone is 1. The fourth-order valence-corrected chi connectivity index (χ4v) is 3.05. The van der Waals surface area contributed by atoms with Crippen molar-refractivity contribution in [2.45, 2.75) is 19.8 Å². The minimum Gasteiger partial charge on any atom is -0.344 e. The van der Waals surface area contributed by atoms with Crippen LogP contribution in [-0.4, -0.2) is 17.7 Å². The molecule has 1 aromatic heterocycles. The summed E-state index contributed by atoms with van der Waals surface area (Å²) in [5.41, 5.74) is 5.77. The van der Waals surface area contributed by atoms with Gasteiger partial charge in [0.15, 0.2) is 0 Å². The third-order valence-electron chi connectivity index (χ3n) is 3.94. The molecule has 1 aliphatic rings. The van der Waals surface area contributed by atoms with Gasteiger partial charge in [0, 0.05) is 30.2 Å². The van der Waals surface area contributed by atoms with Crippen LogP contribution in [0.2, 0.25) is 0 Å². The second-order valence-electron chi connectivity index (χ2n) is 4.94. The summed E-state index contributed by atoms with van der Waals surface area (Å²) in [5.74, 6) is 0. The molecule has 1 N–H and O–H groups in total. The highest BCUT2D eigenvalue weighted by Crippen LogP contribution is 2.32. The van der Waals surface area contributed by atoms with Gasteiger partial charge in [0.1, 0.15) is 0 Å². The number of hydrogen-bond donors (Lipinski definition) is 1. The molecule has 0 unspecified atom stereocenters. The first kappa shape index (κ1) is 11.5. The topological polar surface area (TPSA) is 17.0 Å². The van der Waals surface area contributed by atoms with Crippen molar-refractivity contribution < 1.29 is 0 Å². The number of aromatic nitrogens is 1. The van der Waals surface area contributed by atoms with Crippen LogP contribution in [0.25, 0.3) is 16.5 Å². The van der Waals surface area contributed by atoms with Crippen molar-refractivity contribution in [1.82, 2.24) is 9.88 Å². The van der Waals surface area contributed by atoms with E-state index in [1.54, 1.807) is 0 Å². The number of hydrogen-bond acceptors (Lipinski definition) is 1. The lowest BCUT2D eigenvalue weighted by Gasteiger charge is -2.14. The van der Waals surface area contributed by atoms with E-state index in [4.69, 9.17) is 0 Å². The van der Waals surface area contributed by atoms with Gasteiger partial charge >= 0.3 is 0 Å². The van der Waals surface area contributed by atoms with Crippen molar-refractivity contribution in [3.8, 4) is 0 Å². The molecule has 0 saturated carbocycles. The standard InChI is InChI=1S/C16H20N2/c1-3-12-8-10-17-11-9-14-13-6-4-5-7-15(13)18(2)16(12)14/h4-8,17H,3,9-11H2,1-2H3/b12-8-. The predicted molar refractivity (Wildman–Crippen MR) is 77.8 cm³/mol. The van der Waals surface area contributed by atoms with E-state index in [2.05, 4.69) is 54.2 Å². The zero-order valence-corrected chi connectivity index (χ0v) is 11.2. The van der Waals surface area contributed by atoms with E-state index in [-0.39, 0.29) is 0 Å². The second-order valence-corrected chi connectivity index (χ2v) is 4.94. The lowest BCUT2D eigenvalue weighted by atomic mass is 9.99. The molecular weight excluding hydrogens is 220 g/mol. The number of aryl methyl sites for hydroxylation is 1. The molecule has 3 rings (SSSR count). The highest BCUT2D eigenvalue weighted by Gasteiger charge is 2.17. The van der Waals surface area contributed by atoms with Gasteiger partial charge in [-0.2, -0.15) is 0 Å². The number of nitrogens with zero attached hydrogens (tertiary/aromatic N) is 1. The van der Waals surface area contributed by atoms with Gasteiger partial charge in [-0.3, -0.25) is 0 Å². The first-order valence-electron chi connectivity index (χ1n) is 6.79. The number of rotatable bonds is 1.